The van der Waals surface area contributed by atoms with Crippen LogP contribution in [0.5, 0.6) is 0 Å². The minimum absolute atomic E-state index is 0.365. The van der Waals surface area contributed by atoms with Gasteiger partial charge in [0.05, 0.1) is 0 Å². The zero-order chi connectivity index (χ0) is 8.48. The molecular weight excluding hydrogens is 164 g/mol. The fourth-order valence-electron chi connectivity index (χ4n) is 0.644. The molecule has 5 heteroatoms. The Morgan fingerprint density at radius 3 is 2.36 bits per heavy atom. The highest BCUT2D eigenvalue weighted by molar-refractivity contribution is 7.87. The van der Waals surface area contributed by atoms with Crippen LogP contribution >= 0.6 is 0 Å². The summed E-state index contributed by atoms with van der Waals surface area (Å²) >= 11 is 0. The first kappa shape index (κ1) is 8.96. The number of hydrogen-bond donors (Lipinski definition) is 1. The molecule has 1 heterocycles. The molecule has 0 amide bonds. The Kier molecular flexibility index (Phi) is 2.51. The average molecular weight is 178 g/mol. The monoisotopic (exact) mass is 178 g/mol. The number of nitrogens with zero attached hydrogens (tertiary/aromatic N) is 1. The van der Waals surface area contributed by atoms with E-state index in [2.05, 4.69) is 4.72 Å². The largest absolute Gasteiger partial charge is 0.279 e. The summed E-state index contributed by atoms with van der Waals surface area (Å²) in [4.78, 5) is 0. The molecule has 1 N–H and O–H groups in total. The van der Waals surface area contributed by atoms with Crippen LogP contribution in [0.1, 0.15) is 13.8 Å². The maximum absolute atomic E-state index is 11.1. The first-order chi connectivity index (χ1) is 5.02. The van der Waals surface area contributed by atoms with E-state index in [0.29, 0.717) is 25.6 Å². The quantitative estimate of drug-likeness (QED) is 0.606. The zero-order valence-corrected chi connectivity index (χ0v) is 7.69. The summed E-state index contributed by atoms with van der Waals surface area (Å²) in [6, 6.07) is 0. The maximum atomic E-state index is 11.1. The summed E-state index contributed by atoms with van der Waals surface area (Å²) in [5.74, 6) is 0.365. The van der Waals surface area contributed by atoms with Crippen LogP contribution in [-0.2, 0) is 10.2 Å². The van der Waals surface area contributed by atoms with Gasteiger partial charge in [0.15, 0.2) is 0 Å². The first-order valence-corrected chi connectivity index (χ1v) is 5.21. The molecule has 4 nitrogen and oxygen atoms in total. The van der Waals surface area contributed by atoms with Crippen LogP contribution < -0.4 is 4.72 Å². The molecule has 0 radical (unpaired) electrons. The maximum Gasteiger partial charge on any atom is 0.279 e. The van der Waals surface area contributed by atoms with Crippen LogP contribution in [0, 0.1) is 5.92 Å². The summed E-state index contributed by atoms with van der Waals surface area (Å²) in [5.41, 5.74) is 0. The van der Waals surface area contributed by atoms with Crippen LogP contribution in [0.4, 0.5) is 0 Å². The normalized spacial score (nSPS) is 19.2. The van der Waals surface area contributed by atoms with Crippen LogP contribution in [0.3, 0.4) is 0 Å². The topological polar surface area (TPSA) is 49.2 Å². The fourth-order valence-corrected chi connectivity index (χ4v) is 1.93. The lowest BCUT2D eigenvalue weighted by Gasteiger charge is -2.07. The Morgan fingerprint density at radius 1 is 1.45 bits per heavy atom. The minimum atomic E-state index is -3.10. The predicted molar refractivity (Wildman–Crippen MR) is 43.3 cm³/mol. The third-order valence-corrected chi connectivity index (χ3v) is 3.00. The lowest BCUT2D eigenvalue weighted by atomic mass is 10.2. The number of hydrogen-bond acceptors (Lipinski definition) is 2. The van der Waals surface area contributed by atoms with Crippen molar-refractivity contribution in [3.8, 4) is 0 Å². The van der Waals surface area contributed by atoms with Gasteiger partial charge in [-0.1, -0.05) is 13.8 Å². The van der Waals surface area contributed by atoms with Crippen LogP contribution in [0.25, 0.3) is 0 Å². The SMILES string of the molecule is CC(C)CNS(=O)(=O)N1CC1. The minimum Gasteiger partial charge on any atom is -0.202 e. The van der Waals surface area contributed by atoms with Crippen molar-refractivity contribution >= 4 is 10.2 Å². The van der Waals surface area contributed by atoms with Gasteiger partial charge in [0.1, 0.15) is 0 Å². The molecule has 1 aliphatic rings. The molecule has 1 rings (SSSR count). The standard InChI is InChI=1S/C6H14N2O2S/c1-6(2)5-7-11(9,10)8-3-4-8/h6-7H,3-5H2,1-2H3. The average Bonchev–Trinajstić information content (AvgIpc) is 2.64. The van der Waals surface area contributed by atoms with E-state index in [1.54, 1.807) is 0 Å². The van der Waals surface area contributed by atoms with Crippen molar-refractivity contribution < 1.29 is 8.42 Å². The van der Waals surface area contributed by atoms with Crippen molar-refractivity contribution in [1.82, 2.24) is 9.03 Å². The van der Waals surface area contributed by atoms with Gasteiger partial charge < -0.3 is 0 Å². The van der Waals surface area contributed by atoms with E-state index in [1.165, 1.54) is 4.31 Å². The van der Waals surface area contributed by atoms with Crippen LogP contribution in [-0.4, -0.2) is 32.4 Å². The Morgan fingerprint density at radius 2 is 2.00 bits per heavy atom. The van der Waals surface area contributed by atoms with Crippen LogP contribution in [0.2, 0.25) is 0 Å². The second-order valence-electron chi connectivity index (χ2n) is 3.15. The van der Waals surface area contributed by atoms with Gasteiger partial charge in [-0.25, -0.2) is 4.72 Å². The highest BCUT2D eigenvalue weighted by Crippen LogP contribution is 2.09. The molecule has 0 unspecified atom stereocenters. The molecule has 0 aromatic rings. The Balaban J connectivity index is 2.35. The van der Waals surface area contributed by atoms with Crippen LogP contribution in [0.15, 0.2) is 0 Å². The summed E-state index contributed by atoms with van der Waals surface area (Å²) < 4.78 is 26.2. The predicted octanol–water partition coefficient (Wildman–Crippen LogP) is -0.208. The third kappa shape index (κ3) is 2.76. The summed E-state index contributed by atoms with van der Waals surface area (Å²) in [6.07, 6.45) is 0. The smallest absolute Gasteiger partial charge is 0.202 e. The van der Waals surface area contributed by atoms with E-state index < -0.39 is 10.2 Å². The Hall–Kier alpha value is -0.130. The summed E-state index contributed by atoms with van der Waals surface area (Å²) in [6.45, 7) is 5.83. The van der Waals surface area contributed by atoms with Crippen molar-refractivity contribution in [1.29, 1.82) is 0 Å². The molecule has 0 aromatic carbocycles. The van der Waals surface area contributed by atoms with Gasteiger partial charge in [-0.05, 0) is 5.92 Å². The second-order valence-corrected chi connectivity index (χ2v) is 4.90. The molecule has 1 aliphatic heterocycles. The van der Waals surface area contributed by atoms with Gasteiger partial charge in [0, 0.05) is 19.6 Å². The van der Waals surface area contributed by atoms with Gasteiger partial charge in [0.2, 0.25) is 0 Å². The summed E-state index contributed by atoms with van der Waals surface area (Å²) in [7, 11) is -3.10. The van der Waals surface area contributed by atoms with E-state index >= 15 is 0 Å². The van der Waals surface area contributed by atoms with E-state index in [9.17, 15) is 8.42 Å². The molecule has 1 saturated heterocycles. The van der Waals surface area contributed by atoms with Gasteiger partial charge in [0.25, 0.3) is 10.2 Å². The van der Waals surface area contributed by atoms with Crippen molar-refractivity contribution in [2.24, 2.45) is 5.92 Å². The Bertz CT molecular complexity index is 219. The molecule has 1 fully saturated rings. The van der Waals surface area contributed by atoms with Gasteiger partial charge >= 0.3 is 0 Å². The van der Waals surface area contributed by atoms with Crippen molar-refractivity contribution in [2.75, 3.05) is 19.6 Å². The first-order valence-electron chi connectivity index (χ1n) is 3.77. The number of nitrogens with one attached hydrogen (secondary N) is 1. The molecular formula is C6H14N2O2S. The van der Waals surface area contributed by atoms with E-state index in [4.69, 9.17) is 0 Å². The molecule has 0 saturated carbocycles. The lowest BCUT2D eigenvalue weighted by Crippen LogP contribution is -2.32. The number of rotatable bonds is 4. The molecule has 0 atom stereocenters. The Labute approximate surface area is 67.8 Å². The van der Waals surface area contributed by atoms with Gasteiger partial charge in [-0.2, -0.15) is 12.7 Å². The van der Waals surface area contributed by atoms with Crippen molar-refractivity contribution in [3.05, 3.63) is 0 Å². The summed E-state index contributed by atoms with van der Waals surface area (Å²) in [5, 5.41) is 0. The fraction of sp³-hybridized carbons (Fsp3) is 1.00. The highest BCUT2D eigenvalue weighted by atomic mass is 32.2. The van der Waals surface area contributed by atoms with E-state index in [1.807, 2.05) is 13.8 Å². The molecule has 0 bridgehead atoms. The van der Waals surface area contributed by atoms with Crippen molar-refractivity contribution in [2.45, 2.75) is 13.8 Å². The van der Waals surface area contributed by atoms with Crippen molar-refractivity contribution in [3.63, 3.8) is 0 Å². The van der Waals surface area contributed by atoms with Gasteiger partial charge in [-0.3, -0.25) is 0 Å². The molecule has 0 aromatic heterocycles. The highest BCUT2D eigenvalue weighted by Gasteiger charge is 2.31. The second kappa shape index (κ2) is 3.08. The lowest BCUT2D eigenvalue weighted by molar-refractivity contribution is 0.530. The van der Waals surface area contributed by atoms with Gasteiger partial charge in [-0.15, -0.1) is 0 Å². The third-order valence-electron chi connectivity index (χ3n) is 1.42. The zero-order valence-electron chi connectivity index (χ0n) is 6.87. The molecule has 0 aliphatic carbocycles. The van der Waals surface area contributed by atoms with E-state index in [-0.39, 0.29) is 0 Å². The molecule has 0 spiro atoms. The van der Waals surface area contributed by atoms with E-state index in [0.717, 1.165) is 0 Å². The molecule has 66 valence electrons. The molecule has 11 heavy (non-hydrogen) atoms.